The smallest absolute Gasteiger partial charge is 0.253 e. The maximum atomic E-state index is 12.4. The highest BCUT2D eigenvalue weighted by Gasteiger charge is 2.14. The van der Waals surface area contributed by atoms with Crippen molar-refractivity contribution in [2.75, 3.05) is 7.11 Å². The number of carbonyl (C=O) groups excluding carboxylic acids is 1. The Morgan fingerprint density at radius 2 is 1.90 bits per heavy atom. The van der Waals surface area contributed by atoms with Gasteiger partial charge in [-0.2, -0.15) is 4.68 Å². The Bertz CT molecular complexity index is 764. The van der Waals surface area contributed by atoms with E-state index in [-0.39, 0.29) is 12.3 Å². The van der Waals surface area contributed by atoms with E-state index in [0.29, 0.717) is 16.8 Å². The first-order chi connectivity index (χ1) is 9.79. The Hall–Kier alpha value is -2.69. The molecule has 20 heavy (non-hydrogen) atoms. The zero-order valence-electron chi connectivity index (χ0n) is 11.0. The topological polar surface area (TPSA) is 57.0 Å². The van der Waals surface area contributed by atoms with Crippen LogP contribution >= 0.6 is 0 Å². The SMILES string of the molecule is COc1ccccc1CC(=O)n1nnc2ccccc21. The lowest BCUT2D eigenvalue weighted by Crippen LogP contribution is -2.15. The van der Waals surface area contributed by atoms with Crippen LogP contribution in [0.1, 0.15) is 10.4 Å². The summed E-state index contributed by atoms with van der Waals surface area (Å²) in [4.78, 5) is 12.4. The summed E-state index contributed by atoms with van der Waals surface area (Å²) in [6, 6.07) is 14.8. The van der Waals surface area contributed by atoms with Gasteiger partial charge in [-0.3, -0.25) is 4.79 Å². The molecule has 5 heteroatoms. The van der Waals surface area contributed by atoms with Crippen LogP contribution in [0.3, 0.4) is 0 Å². The molecule has 0 bridgehead atoms. The number of benzene rings is 2. The van der Waals surface area contributed by atoms with Gasteiger partial charge in [0.05, 0.1) is 19.0 Å². The molecule has 0 N–H and O–H groups in total. The van der Waals surface area contributed by atoms with E-state index in [1.165, 1.54) is 4.68 Å². The average molecular weight is 267 g/mol. The Morgan fingerprint density at radius 1 is 1.15 bits per heavy atom. The number of para-hydroxylation sites is 2. The number of hydrogen-bond donors (Lipinski definition) is 0. The van der Waals surface area contributed by atoms with Gasteiger partial charge in [0.15, 0.2) is 0 Å². The summed E-state index contributed by atoms with van der Waals surface area (Å²) in [6.07, 6.45) is 0.220. The Balaban J connectivity index is 1.93. The van der Waals surface area contributed by atoms with Crippen LogP contribution in [0.2, 0.25) is 0 Å². The van der Waals surface area contributed by atoms with Crippen LogP contribution in [-0.4, -0.2) is 28.0 Å². The monoisotopic (exact) mass is 267 g/mol. The number of carbonyl (C=O) groups is 1. The number of hydrogen-bond acceptors (Lipinski definition) is 4. The molecule has 0 aliphatic carbocycles. The van der Waals surface area contributed by atoms with Crippen LogP contribution in [-0.2, 0) is 6.42 Å². The summed E-state index contributed by atoms with van der Waals surface area (Å²) in [5, 5.41) is 7.91. The first-order valence-corrected chi connectivity index (χ1v) is 6.25. The summed E-state index contributed by atoms with van der Waals surface area (Å²) in [5.41, 5.74) is 2.26. The van der Waals surface area contributed by atoms with E-state index < -0.39 is 0 Å². The predicted molar refractivity (Wildman–Crippen MR) is 74.9 cm³/mol. The molecule has 0 atom stereocenters. The van der Waals surface area contributed by atoms with E-state index in [1.54, 1.807) is 7.11 Å². The molecule has 0 saturated heterocycles. The van der Waals surface area contributed by atoms with Crippen molar-refractivity contribution in [2.24, 2.45) is 0 Å². The van der Waals surface area contributed by atoms with Gasteiger partial charge in [-0.25, -0.2) is 0 Å². The van der Waals surface area contributed by atoms with Gasteiger partial charge in [-0.15, -0.1) is 5.10 Å². The summed E-state index contributed by atoms with van der Waals surface area (Å²) in [6.45, 7) is 0. The molecule has 0 unspecified atom stereocenters. The number of methoxy groups -OCH3 is 1. The molecule has 0 radical (unpaired) electrons. The van der Waals surface area contributed by atoms with Crippen molar-refractivity contribution in [1.29, 1.82) is 0 Å². The second-order valence-corrected chi connectivity index (χ2v) is 4.37. The summed E-state index contributed by atoms with van der Waals surface area (Å²) in [7, 11) is 1.59. The molecule has 0 aliphatic heterocycles. The van der Waals surface area contributed by atoms with Gasteiger partial charge in [-0.1, -0.05) is 35.5 Å². The minimum atomic E-state index is -0.136. The molecule has 0 aliphatic rings. The van der Waals surface area contributed by atoms with Gasteiger partial charge in [0.1, 0.15) is 11.3 Å². The van der Waals surface area contributed by atoms with Crippen molar-refractivity contribution in [3.8, 4) is 5.75 Å². The number of rotatable bonds is 3. The van der Waals surface area contributed by atoms with Crippen molar-refractivity contribution in [2.45, 2.75) is 6.42 Å². The highest BCUT2D eigenvalue weighted by molar-refractivity contribution is 5.90. The molecule has 5 nitrogen and oxygen atoms in total. The van der Waals surface area contributed by atoms with Gasteiger partial charge in [0.25, 0.3) is 5.91 Å². The largest absolute Gasteiger partial charge is 0.496 e. The van der Waals surface area contributed by atoms with Crippen molar-refractivity contribution in [3.63, 3.8) is 0 Å². The van der Waals surface area contributed by atoms with Gasteiger partial charge < -0.3 is 4.74 Å². The molecule has 3 rings (SSSR count). The van der Waals surface area contributed by atoms with Crippen LogP contribution in [0.4, 0.5) is 0 Å². The maximum Gasteiger partial charge on any atom is 0.253 e. The number of fused-ring (bicyclic) bond motifs is 1. The third-order valence-electron chi connectivity index (χ3n) is 3.12. The summed E-state index contributed by atoms with van der Waals surface area (Å²) < 4.78 is 6.59. The molecule has 0 amide bonds. The van der Waals surface area contributed by atoms with Gasteiger partial charge in [0.2, 0.25) is 0 Å². The van der Waals surface area contributed by atoms with Crippen molar-refractivity contribution in [3.05, 3.63) is 54.1 Å². The van der Waals surface area contributed by atoms with Crippen LogP contribution in [0.5, 0.6) is 5.75 Å². The van der Waals surface area contributed by atoms with E-state index in [1.807, 2.05) is 48.5 Å². The van der Waals surface area contributed by atoms with Crippen LogP contribution in [0.15, 0.2) is 48.5 Å². The number of ether oxygens (including phenoxy) is 1. The molecule has 2 aromatic carbocycles. The lowest BCUT2D eigenvalue weighted by Gasteiger charge is -2.07. The third-order valence-corrected chi connectivity index (χ3v) is 3.12. The predicted octanol–water partition coefficient (Wildman–Crippen LogP) is 2.32. The fourth-order valence-corrected chi connectivity index (χ4v) is 2.14. The molecule has 1 aromatic heterocycles. The average Bonchev–Trinajstić information content (AvgIpc) is 2.92. The standard InChI is InChI=1S/C15H13N3O2/c1-20-14-9-5-2-6-11(14)10-15(19)18-13-8-4-3-7-12(13)16-17-18/h2-9H,10H2,1H3. The van der Waals surface area contributed by atoms with E-state index >= 15 is 0 Å². The zero-order valence-corrected chi connectivity index (χ0v) is 11.0. The van der Waals surface area contributed by atoms with Crippen molar-refractivity contribution >= 4 is 16.9 Å². The van der Waals surface area contributed by atoms with E-state index in [9.17, 15) is 4.79 Å². The Morgan fingerprint density at radius 3 is 2.75 bits per heavy atom. The lowest BCUT2D eigenvalue weighted by molar-refractivity contribution is 0.0900. The summed E-state index contributed by atoms with van der Waals surface area (Å²) in [5.74, 6) is 0.563. The quantitative estimate of drug-likeness (QED) is 0.730. The minimum Gasteiger partial charge on any atom is -0.496 e. The Kier molecular flexibility index (Phi) is 3.16. The summed E-state index contributed by atoms with van der Waals surface area (Å²) >= 11 is 0. The van der Waals surface area contributed by atoms with E-state index in [0.717, 1.165) is 5.56 Å². The molecular formula is C15H13N3O2. The minimum absolute atomic E-state index is 0.136. The lowest BCUT2D eigenvalue weighted by atomic mass is 10.1. The molecule has 3 aromatic rings. The molecule has 0 saturated carbocycles. The first kappa shape index (κ1) is 12.3. The Labute approximate surface area is 115 Å². The fourth-order valence-electron chi connectivity index (χ4n) is 2.14. The number of nitrogens with zero attached hydrogens (tertiary/aromatic N) is 3. The van der Waals surface area contributed by atoms with E-state index in [4.69, 9.17) is 4.74 Å². The highest BCUT2D eigenvalue weighted by atomic mass is 16.5. The number of aromatic nitrogens is 3. The molecule has 100 valence electrons. The fraction of sp³-hybridized carbons (Fsp3) is 0.133. The highest BCUT2D eigenvalue weighted by Crippen LogP contribution is 2.19. The first-order valence-electron chi connectivity index (χ1n) is 6.25. The molecule has 1 heterocycles. The van der Waals surface area contributed by atoms with E-state index in [2.05, 4.69) is 10.3 Å². The zero-order chi connectivity index (χ0) is 13.9. The van der Waals surface area contributed by atoms with Crippen LogP contribution in [0, 0.1) is 0 Å². The second-order valence-electron chi connectivity index (χ2n) is 4.37. The van der Waals surface area contributed by atoms with Crippen molar-refractivity contribution in [1.82, 2.24) is 15.0 Å². The van der Waals surface area contributed by atoms with Gasteiger partial charge in [0, 0.05) is 5.56 Å². The van der Waals surface area contributed by atoms with Crippen molar-refractivity contribution < 1.29 is 9.53 Å². The second kappa shape index (κ2) is 5.13. The van der Waals surface area contributed by atoms with Crippen LogP contribution in [0.25, 0.3) is 11.0 Å². The molecule has 0 spiro atoms. The van der Waals surface area contributed by atoms with Gasteiger partial charge in [-0.05, 0) is 18.2 Å². The normalized spacial score (nSPS) is 10.7. The molecule has 0 fully saturated rings. The van der Waals surface area contributed by atoms with Gasteiger partial charge >= 0.3 is 0 Å². The van der Waals surface area contributed by atoms with Crippen LogP contribution < -0.4 is 4.74 Å². The third kappa shape index (κ3) is 2.14. The molecular weight excluding hydrogens is 254 g/mol. The maximum absolute atomic E-state index is 12.4.